The fourth-order valence-electron chi connectivity index (χ4n) is 3.08. The number of rotatable bonds is 4. The SMILES string of the molecule is CC1CCCN(C(N)=NCc2cccc(Cn3cccn3)c2)C1. The van der Waals surface area contributed by atoms with E-state index in [1.165, 1.54) is 24.0 Å². The largest absolute Gasteiger partial charge is 0.370 e. The Labute approximate surface area is 137 Å². The quantitative estimate of drug-likeness (QED) is 0.697. The summed E-state index contributed by atoms with van der Waals surface area (Å²) in [5.74, 6) is 1.38. The summed E-state index contributed by atoms with van der Waals surface area (Å²) in [6, 6.07) is 10.4. The van der Waals surface area contributed by atoms with Gasteiger partial charge in [-0.15, -0.1) is 0 Å². The second-order valence-corrected chi connectivity index (χ2v) is 6.39. The van der Waals surface area contributed by atoms with Gasteiger partial charge in [-0.05, 0) is 36.0 Å². The van der Waals surface area contributed by atoms with Gasteiger partial charge < -0.3 is 10.6 Å². The summed E-state index contributed by atoms with van der Waals surface area (Å²) in [5, 5.41) is 4.25. The van der Waals surface area contributed by atoms with Crippen molar-refractivity contribution in [3.05, 3.63) is 53.9 Å². The van der Waals surface area contributed by atoms with Crippen LogP contribution in [0.2, 0.25) is 0 Å². The highest BCUT2D eigenvalue weighted by molar-refractivity contribution is 5.78. The van der Waals surface area contributed by atoms with Gasteiger partial charge in [-0.2, -0.15) is 5.10 Å². The first kappa shape index (κ1) is 15.6. The van der Waals surface area contributed by atoms with Gasteiger partial charge in [-0.1, -0.05) is 31.2 Å². The number of hydrogen-bond acceptors (Lipinski definition) is 2. The van der Waals surface area contributed by atoms with E-state index < -0.39 is 0 Å². The van der Waals surface area contributed by atoms with Gasteiger partial charge in [0.05, 0.1) is 13.1 Å². The molecule has 1 saturated heterocycles. The van der Waals surface area contributed by atoms with Gasteiger partial charge in [0, 0.05) is 25.5 Å². The molecule has 3 rings (SSSR count). The van der Waals surface area contributed by atoms with Gasteiger partial charge in [0.25, 0.3) is 0 Å². The average molecular weight is 311 g/mol. The van der Waals surface area contributed by atoms with Gasteiger partial charge >= 0.3 is 0 Å². The zero-order chi connectivity index (χ0) is 16.1. The van der Waals surface area contributed by atoms with E-state index in [0.717, 1.165) is 19.6 Å². The third kappa shape index (κ3) is 4.34. The van der Waals surface area contributed by atoms with Gasteiger partial charge in [0.2, 0.25) is 0 Å². The minimum Gasteiger partial charge on any atom is -0.370 e. The molecule has 2 heterocycles. The molecule has 0 radical (unpaired) electrons. The van der Waals surface area contributed by atoms with Crippen molar-refractivity contribution >= 4 is 5.96 Å². The predicted octanol–water partition coefficient (Wildman–Crippen LogP) is 2.48. The summed E-state index contributed by atoms with van der Waals surface area (Å²) in [7, 11) is 0. The molecule has 2 aromatic rings. The van der Waals surface area contributed by atoms with E-state index in [4.69, 9.17) is 5.73 Å². The zero-order valence-corrected chi connectivity index (χ0v) is 13.7. The van der Waals surface area contributed by atoms with Crippen LogP contribution >= 0.6 is 0 Å². The molecule has 1 unspecified atom stereocenters. The van der Waals surface area contributed by atoms with Crippen LogP contribution in [-0.4, -0.2) is 33.7 Å². The lowest BCUT2D eigenvalue weighted by Crippen LogP contribution is -2.43. The first-order valence-electron chi connectivity index (χ1n) is 8.31. The second kappa shape index (κ2) is 7.31. The predicted molar refractivity (Wildman–Crippen MR) is 93.1 cm³/mol. The van der Waals surface area contributed by atoms with Crippen LogP contribution in [0.4, 0.5) is 0 Å². The molecule has 0 amide bonds. The van der Waals surface area contributed by atoms with Gasteiger partial charge in [-0.3, -0.25) is 4.68 Å². The highest BCUT2D eigenvalue weighted by atomic mass is 15.3. The Morgan fingerprint density at radius 2 is 2.22 bits per heavy atom. The number of nitrogens with two attached hydrogens (primary N) is 1. The smallest absolute Gasteiger partial charge is 0.191 e. The summed E-state index contributed by atoms with van der Waals surface area (Å²) in [6.07, 6.45) is 6.27. The minimum atomic E-state index is 0.629. The lowest BCUT2D eigenvalue weighted by molar-refractivity contribution is 0.270. The van der Waals surface area contributed by atoms with Crippen molar-refractivity contribution < 1.29 is 0 Å². The number of hydrogen-bond donors (Lipinski definition) is 1. The molecule has 1 aromatic carbocycles. The summed E-state index contributed by atoms with van der Waals surface area (Å²) in [5.41, 5.74) is 8.58. The molecule has 0 bridgehead atoms. The van der Waals surface area contributed by atoms with Crippen LogP contribution in [0.3, 0.4) is 0 Å². The normalized spacial score (nSPS) is 19.1. The molecule has 1 fully saturated rings. The molecule has 0 spiro atoms. The van der Waals surface area contributed by atoms with Crippen LogP contribution in [0.1, 0.15) is 30.9 Å². The van der Waals surface area contributed by atoms with Crippen molar-refractivity contribution in [3.8, 4) is 0 Å². The number of benzene rings is 1. The molecular weight excluding hydrogens is 286 g/mol. The van der Waals surface area contributed by atoms with Crippen molar-refractivity contribution in [2.45, 2.75) is 32.9 Å². The van der Waals surface area contributed by atoms with Gasteiger partial charge in [-0.25, -0.2) is 4.99 Å². The molecule has 122 valence electrons. The van der Waals surface area contributed by atoms with E-state index >= 15 is 0 Å². The van der Waals surface area contributed by atoms with E-state index in [1.54, 1.807) is 6.20 Å². The standard InChI is InChI=1S/C18H25N5/c1-15-5-3-9-22(13-15)18(19)20-12-16-6-2-7-17(11-16)14-23-10-4-8-21-23/h2,4,6-8,10-11,15H,3,5,9,12-14H2,1H3,(H2,19,20). The van der Waals surface area contributed by atoms with E-state index in [9.17, 15) is 0 Å². The van der Waals surface area contributed by atoms with Crippen molar-refractivity contribution in [2.75, 3.05) is 13.1 Å². The molecule has 1 aromatic heterocycles. The third-order valence-corrected chi connectivity index (χ3v) is 4.30. The first-order valence-corrected chi connectivity index (χ1v) is 8.31. The fraction of sp³-hybridized carbons (Fsp3) is 0.444. The summed E-state index contributed by atoms with van der Waals surface area (Å²) in [6.45, 7) is 5.74. The van der Waals surface area contributed by atoms with Crippen molar-refractivity contribution in [3.63, 3.8) is 0 Å². The highest BCUT2D eigenvalue weighted by Crippen LogP contribution is 2.15. The van der Waals surface area contributed by atoms with Crippen molar-refractivity contribution in [2.24, 2.45) is 16.6 Å². The highest BCUT2D eigenvalue weighted by Gasteiger charge is 2.17. The third-order valence-electron chi connectivity index (χ3n) is 4.30. The molecule has 0 aliphatic carbocycles. The summed E-state index contributed by atoms with van der Waals surface area (Å²) >= 11 is 0. The molecule has 23 heavy (non-hydrogen) atoms. The van der Waals surface area contributed by atoms with Crippen LogP contribution in [0.15, 0.2) is 47.7 Å². The van der Waals surface area contributed by atoms with E-state index in [0.29, 0.717) is 18.4 Å². The van der Waals surface area contributed by atoms with Crippen LogP contribution in [0.5, 0.6) is 0 Å². The molecular formula is C18H25N5. The van der Waals surface area contributed by atoms with Crippen molar-refractivity contribution in [1.82, 2.24) is 14.7 Å². The van der Waals surface area contributed by atoms with E-state index in [-0.39, 0.29) is 0 Å². The molecule has 1 atom stereocenters. The number of guanidine groups is 1. The zero-order valence-electron chi connectivity index (χ0n) is 13.7. The van der Waals surface area contributed by atoms with Gasteiger partial charge in [0.15, 0.2) is 5.96 Å². The van der Waals surface area contributed by atoms with Crippen LogP contribution < -0.4 is 5.73 Å². The maximum absolute atomic E-state index is 6.17. The Kier molecular flexibility index (Phi) is 4.95. The number of likely N-dealkylation sites (tertiary alicyclic amines) is 1. The topological polar surface area (TPSA) is 59.4 Å². The van der Waals surface area contributed by atoms with Crippen LogP contribution in [-0.2, 0) is 13.1 Å². The maximum Gasteiger partial charge on any atom is 0.191 e. The number of piperidine rings is 1. The van der Waals surface area contributed by atoms with Crippen molar-refractivity contribution in [1.29, 1.82) is 0 Å². The monoisotopic (exact) mass is 311 g/mol. The van der Waals surface area contributed by atoms with E-state index in [1.807, 2.05) is 16.9 Å². The Morgan fingerprint density at radius 1 is 1.35 bits per heavy atom. The number of nitrogens with zero attached hydrogens (tertiary/aromatic N) is 4. The molecule has 5 nitrogen and oxygen atoms in total. The molecule has 1 aliphatic heterocycles. The lowest BCUT2D eigenvalue weighted by Gasteiger charge is -2.31. The van der Waals surface area contributed by atoms with Gasteiger partial charge in [0.1, 0.15) is 0 Å². The van der Waals surface area contributed by atoms with Crippen LogP contribution in [0.25, 0.3) is 0 Å². The molecule has 2 N–H and O–H groups in total. The fourth-order valence-corrected chi connectivity index (χ4v) is 3.08. The Hall–Kier alpha value is -2.30. The minimum absolute atomic E-state index is 0.629. The average Bonchev–Trinajstić information content (AvgIpc) is 3.06. The maximum atomic E-state index is 6.17. The van der Waals surface area contributed by atoms with Crippen LogP contribution in [0, 0.1) is 5.92 Å². The molecule has 0 saturated carbocycles. The Morgan fingerprint density at radius 3 is 3.00 bits per heavy atom. The second-order valence-electron chi connectivity index (χ2n) is 6.39. The number of aromatic nitrogens is 2. The molecule has 5 heteroatoms. The lowest BCUT2D eigenvalue weighted by atomic mass is 10.0. The summed E-state index contributed by atoms with van der Waals surface area (Å²) < 4.78 is 1.92. The number of aliphatic imine (C=N–C) groups is 1. The summed E-state index contributed by atoms with van der Waals surface area (Å²) in [4.78, 5) is 6.80. The molecule has 1 aliphatic rings. The first-order chi connectivity index (χ1) is 11.2. The Balaban J connectivity index is 1.62. The van der Waals surface area contributed by atoms with E-state index in [2.05, 4.69) is 46.2 Å². The Bertz CT molecular complexity index is 647.